The monoisotopic (exact) mass is 266 g/mol. The van der Waals surface area contributed by atoms with Crippen LogP contribution >= 0.6 is 0 Å². The molecule has 1 amide bonds. The van der Waals surface area contributed by atoms with Crippen LogP contribution in [0.2, 0.25) is 0 Å². The van der Waals surface area contributed by atoms with Gasteiger partial charge in [-0.15, -0.1) is 0 Å². The number of methoxy groups -OCH3 is 2. The number of carbonyl (C=O) groups excluding carboxylic acids is 1. The Kier molecular flexibility index (Phi) is 5.18. The highest BCUT2D eigenvalue weighted by Gasteiger charge is 2.16. The van der Waals surface area contributed by atoms with Crippen LogP contribution in [-0.2, 0) is 4.79 Å². The van der Waals surface area contributed by atoms with Crippen molar-refractivity contribution in [1.82, 2.24) is 0 Å². The summed E-state index contributed by atoms with van der Waals surface area (Å²) in [5.74, 6) is 1.23. The molecule has 1 aromatic carbocycles. The Labute approximate surface area is 114 Å². The number of nitrogens with two attached hydrogens (primary N) is 1. The zero-order valence-electron chi connectivity index (χ0n) is 12.2. The zero-order chi connectivity index (χ0) is 14.6. The van der Waals surface area contributed by atoms with E-state index >= 15 is 0 Å². The molecule has 0 radical (unpaired) electrons. The fraction of sp³-hybridized carbons (Fsp3) is 0.500. The second-order valence-corrected chi connectivity index (χ2v) is 4.64. The normalized spacial score (nSPS) is 11.9. The predicted octanol–water partition coefficient (Wildman–Crippen LogP) is 2.00. The molecule has 0 aliphatic rings. The summed E-state index contributed by atoms with van der Waals surface area (Å²) < 4.78 is 10.7. The van der Waals surface area contributed by atoms with Gasteiger partial charge in [0, 0.05) is 18.5 Å². The lowest BCUT2D eigenvalue weighted by Gasteiger charge is -2.17. The molecule has 0 spiro atoms. The standard InChI is InChI=1S/C14H22N2O3/c1-8(15)6-13(17)16-11-7-12(18-4)9(2)10(3)14(11)19-5/h7-8H,6,15H2,1-5H3,(H,16,17). The second kappa shape index (κ2) is 6.43. The molecule has 5 heteroatoms. The topological polar surface area (TPSA) is 73.6 Å². The zero-order valence-corrected chi connectivity index (χ0v) is 12.2. The van der Waals surface area contributed by atoms with Crippen LogP contribution in [0, 0.1) is 13.8 Å². The molecule has 0 aliphatic heterocycles. The van der Waals surface area contributed by atoms with Gasteiger partial charge in [0.25, 0.3) is 0 Å². The molecule has 0 saturated heterocycles. The number of rotatable bonds is 5. The molecule has 0 heterocycles. The van der Waals surface area contributed by atoms with Crippen molar-refractivity contribution in [3.05, 3.63) is 17.2 Å². The van der Waals surface area contributed by atoms with E-state index in [-0.39, 0.29) is 18.4 Å². The van der Waals surface area contributed by atoms with Gasteiger partial charge in [0.15, 0.2) is 0 Å². The largest absolute Gasteiger partial charge is 0.496 e. The van der Waals surface area contributed by atoms with Crippen LogP contribution in [0.4, 0.5) is 5.69 Å². The van der Waals surface area contributed by atoms with Gasteiger partial charge in [-0.2, -0.15) is 0 Å². The van der Waals surface area contributed by atoms with Crippen LogP contribution in [0.1, 0.15) is 24.5 Å². The number of ether oxygens (including phenoxy) is 2. The van der Waals surface area contributed by atoms with Crippen LogP contribution in [0.3, 0.4) is 0 Å². The molecule has 0 aliphatic carbocycles. The molecule has 5 nitrogen and oxygen atoms in total. The molecule has 0 aromatic heterocycles. The van der Waals surface area contributed by atoms with Gasteiger partial charge in [0.1, 0.15) is 11.5 Å². The van der Waals surface area contributed by atoms with Gasteiger partial charge in [0.05, 0.1) is 19.9 Å². The second-order valence-electron chi connectivity index (χ2n) is 4.64. The van der Waals surface area contributed by atoms with Crippen molar-refractivity contribution in [2.24, 2.45) is 5.73 Å². The smallest absolute Gasteiger partial charge is 0.226 e. The molecule has 19 heavy (non-hydrogen) atoms. The minimum Gasteiger partial charge on any atom is -0.496 e. The Balaban J connectivity index is 3.12. The van der Waals surface area contributed by atoms with Crippen molar-refractivity contribution in [3.8, 4) is 11.5 Å². The van der Waals surface area contributed by atoms with Gasteiger partial charge in [-0.05, 0) is 31.9 Å². The summed E-state index contributed by atoms with van der Waals surface area (Å²) in [5.41, 5.74) is 8.15. The van der Waals surface area contributed by atoms with Crippen molar-refractivity contribution in [3.63, 3.8) is 0 Å². The third-order valence-corrected chi connectivity index (χ3v) is 3.00. The van der Waals surface area contributed by atoms with Gasteiger partial charge in [-0.25, -0.2) is 0 Å². The quantitative estimate of drug-likeness (QED) is 0.855. The molecular weight excluding hydrogens is 244 g/mol. The first kappa shape index (κ1) is 15.3. The molecule has 0 fully saturated rings. The van der Waals surface area contributed by atoms with Crippen LogP contribution in [0.5, 0.6) is 11.5 Å². The fourth-order valence-electron chi connectivity index (χ4n) is 1.92. The summed E-state index contributed by atoms with van der Waals surface area (Å²) in [4.78, 5) is 11.8. The Morgan fingerprint density at radius 2 is 1.95 bits per heavy atom. The van der Waals surface area contributed by atoms with Crippen molar-refractivity contribution in [1.29, 1.82) is 0 Å². The maximum Gasteiger partial charge on any atom is 0.226 e. The van der Waals surface area contributed by atoms with Crippen molar-refractivity contribution < 1.29 is 14.3 Å². The van der Waals surface area contributed by atoms with Crippen molar-refractivity contribution in [2.75, 3.05) is 19.5 Å². The van der Waals surface area contributed by atoms with E-state index in [1.807, 2.05) is 13.8 Å². The number of hydrogen-bond acceptors (Lipinski definition) is 4. The number of carbonyl (C=O) groups is 1. The molecule has 1 atom stereocenters. The van der Waals surface area contributed by atoms with Crippen LogP contribution in [0.15, 0.2) is 6.07 Å². The van der Waals surface area contributed by atoms with Gasteiger partial charge in [-0.3, -0.25) is 4.79 Å². The van der Waals surface area contributed by atoms with Crippen LogP contribution in [0.25, 0.3) is 0 Å². The summed E-state index contributed by atoms with van der Waals surface area (Å²) in [7, 11) is 3.18. The Hall–Kier alpha value is -1.75. The molecule has 1 unspecified atom stereocenters. The highest BCUT2D eigenvalue weighted by molar-refractivity contribution is 5.93. The Bertz CT molecular complexity index is 470. The highest BCUT2D eigenvalue weighted by Crippen LogP contribution is 2.36. The van der Waals surface area contributed by atoms with E-state index in [2.05, 4.69) is 5.32 Å². The van der Waals surface area contributed by atoms with E-state index < -0.39 is 0 Å². The van der Waals surface area contributed by atoms with Crippen molar-refractivity contribution >= 4 is 11.6 Å². The third kappa shape index (κ3) is 3.61. The summed E-state index contributed by atoms with van der Waals surface area (Å²) >= 11 is 0. The molecule has 1 rings (SSSR count). The first-order chi connectivity index (χ1) is 8.90. The fourth-order valence-corrected chi connectivity index (χ4v) is 1.92. The van der Waals surface area contributed by atoms with Crippen molar-refractivity contribution in [2.45, 2.75) is 33.2 Å². The van der Waals surface area contributed by atoms with E-state index in [0.717, 1.165) is 16.9 Å². The number of hydrogen-bond donors (Lipinski definition) is 2. The van der Waals surface area contributed by atoms with E-state index in [9.17, 15) is 4.79 Å². The molecule has 0 bridgehead atoms. The first-order valence-electron chi connectivity index (χ1n) is 6.18. The van der Waals surface area contributed by atoms with Crippen LogP contribution < -0.4 is 20.5 Å². The maximum atomic E-state index is 11.8. The SMILES string of the molecule is COc1cc(NC(=O)CC(C)N)c(OC)c(C)c1C. The molecule has 0 saturated carbocycles. The molecule has 3 N–H and O–H groups in total. The number of anilines is 1. The summed E-state index contributed by atoms with van der Waals surface area (Å²) in [6.45, 7) is 5.67. The Morgan fingerprint density at radius 1 is 1.32 bits per heavy atom. The molecule has 106 valence electrons. The minimum absolute atomic E-state index is 0.140. The van der Waals surface area contributed by atoms with Crippen LogP contribution in [-0.4, -0.2) is 26.2 Å². The summed E-state index contributed by atoms with van der Waals surface area (Å²) in [6.07, 6.45) is 0.262. The lowest BCUT2D eigenvalue weighted by atomic mass is 10.1. The lowest BCUT2D eigenvalue weighted by Crippen LogP contribution is -2.24. The molecule has 1 aromatic rings. The average molecular weight is 266 g/mol. The first-order valence-corrected chi connectivity index (χ1v) is 6.18. The third-order valence-electron chi connectivity index (χ3n) is 3.00. The van der Waals surface area contributed by atoms with E-state index in [1.165, 1.54) is 0 Å². The lowest BCUT2D eigenvalue weighted by molar-refractivity contribution is -0.116. The van der Waals surface area contributed by atoms with Gasteiger partial charge in [0.2, 0.25) is 5.91 Å². The van der Waals surface area contributed by atoms with Gasteiger partial charge < -0.3 is 20.5 Å². The highest BCUT2D eigenvalue weighted by atomic mass is 16.5. The van der Waals surface area contributed by atoms with E-state index in [0.29, 0.717) is 11.4 Å². The van der Waals surface area contributed by atoms with E-state index in [4.69, 9.17) is 15.2 Å². The van der Waals surface area contributed by atoms with Gasteiger partial charge >= 0.3 is 0 Å². The summed E-state index contributed by atoms with van der Waals surface area (Å²) in [5, 5.41) is 2.81. The maximum absolute atomic E-state index is 11.8. The predicted molar refractivity (Wildman–Crippen MR) is 75.9 cm³/mol. The average Bonchev–Trinajstić information content (AvgIpc) is 2.33. The minimum atomic E-state index is -0.181. The summed E-state index contributed by atoms with van der Waals surface area (Å²) in [6, 6.07) is 1.58. The van der Waals surface area contributed by atoms with Gasteiger partial charge in [-0.1, -0.05) is 0 Å². The molecular formula is C14H22N2O3. The Morgan fingerprint density at radius 3 is 2.42 bits per heavy atom. The number of amides is 1. The van der Waals surface area contributed by atoms with E-state index in [1.54, 1.807) is 27.2 Å². The number of nitrogens with one attached hydrogen (secondary N) is 1. The number of benzene rings is 1.